The first-order chi connectivity index (χ1) is 11.4. The predicted octanol–water partition coefficient (Wildman–Crippen LogP) is 3.23. The summed E-state index contributed by atoms with van der Waals surface area (Å²) in [6.45, 7) is 5.89. The molecule has 0 aromatic heterocycles. The molecular formula is C17H29FIN3O2S. The van der Waals surface area contributed by atoms with Crippen LogP contribution in [0.2, 0.25) is 0 Å². The van der Waals surface area contributed by atoms with Gasteiger partial charge in [-0.2, -0.15) is 0 Å². The Hall–Kier alpha value is -0.900. The first-order valence-electron chi connectivity index (χ1n) is 8.33. The third kappa shape index (κ3) is 10.6. The van der Waals surface area contributed by atoms with Gasteiger partial charge in [-0.1, -0.05) is 25.8 Å². The second-order valence-electron chi connectivity index (χ2n) is 5.81. The summed E-state index contributed by atoms with van der Waals surface area (Å²) in [7, 11) is -3.18. The van der Waals surface area contributed by atoms with Crippen LogP contribution in [-0.2, 0) is 22.1 Å². The second kappa shape index (κ2) is 12.5. The zero-order valence-electron chi connectivity index (χ0n) is 15.1. The number of halogens is 2. The number of nitrogens with zero attached hydrogens (tertiary/aromatic N) is 1. The lowest BCUT2D eigenvalue weighted by molar-refractivity contribution is 0.600. The number of sulfone groups is 1. The molecule has 0 aliphatic heterocycles. The van der Waals surface area contributed by atoms with Crippen LogP contribution in [0.3, 0.4) is 0 Å². The smallest absolute Gasteiger partial charge is 0.191 e. The maximum atomic E-state index is 13.5. The molecule has 144 valence electrons. The molecule has 0 aliphatic rings. The molecule has 1 aromatic carbocycles. The summed E-state index contributed by atoms with van der Waals surface area (Å²) in [4.78, 5) is 4.45. The van der Waals surface area contributed by atoms with Gasteiger partial charge in [-0.3, -0.25) is 0 Å². The molecule has 1 rings (SSSR count). The Balaban J connectivity index is 0.00000576. The molecule has 0 heterocycles. The third-order valence-corrected chi connectivity index (χ3v) is 4.25. The van der Waals surface area contributed by atoms with E-state index in [0.717, 1.165) is 32.4 Å². The minimum absolute atomic E-state index is 0. The summed E-state index contributed by atoms with van der Waals surface area (Å²) in [6, 6.07) is 4.15. The van der Waals surface area contributed by atoms with E-state index in [2.05, 4.69) is 22.5 Å². The van der Waals surface area contributed by atoms with Crippen LogP contribution in [0, 0.1) is 5.82 Å². The first kappa shape index (κ1) is 24.1. The van der Waals surface area contributed by atoms with E-state index in [-0.39, 0.29) is 36.3 Å². The average Bonchev–Trinajstić information content (AvgIpc) is 2.50. The zero-order valence-corrected chi connectivity index (χ0v) is 18.3. The Bertz CT molecular complexity index is 651. The predicted molar refractivity (Wildman–Crippen MR) is 113 cm³/mol. The largest absolute Gasteiger partial charge is 0.357 e. The molecule has 0 unspecified atom stereocenters. The van der Waals surface area contributed by atoms with Gasteiger partial charge in [0.1, 0.15) is 5.82 Å². The van der Waals surface area contributed by atoms with Crippen LogP contribution < -0.4 is 10.6 Å². The highest BCUT2D eigenvalue weighted by atomic mass is 127. The van der Waals surface area contributed by atoms with Gasteiger partial charge in [0.2, 0.25) is 0 Å². The van der Waals surface area contributed by atoms with Crippen molar-refractivity contribution in [3.63, 3.8) is 0 Å². The van der Waals surface area contributed by atoms with Gasteiger partial charge in [0.05, 0.1) is 12.3 Å². The Morgan fingerprint density at radius 2 is 1.88 bits per heavy atom. The number of unbranched alkanes of at least 4 members (excludes halogenated alkanes) is 2. The molecule has 0 spiro atoms. The molecular weight excluding hydrogens is 456 g/mol. The highest BCUT2D eigenvalue weighted by Crippen LogP contribution is 2.15. The number of guanidine groups is 1. The zero-order chi connectivity index (χ0) is 18.0. The first-order valence-corrected chi connectivity index (χ1v) is 10.4. The monoisotopic (exact) mass is 485 g/mol. The van der Waals surface area contributed by atoms with Crippen molar-refractivity contribution in [3.05, 3.63) is 35.1 Å². The fourth-order valence-electron chi connectivity index (χ4n) is 2.25. The van der Waals surface area contributed by atoms with E-state index in [9.17, 15) is 12.8 Å². The molecule has 0 bridgehead atoms. The van der Waals surface area contributed by atoms with Crippen LogP contribution >= 0.6 is 24.0 Å². The average molecular weight is 485 g/mol. The minimum atomic E-state index is -3.18. The van der Waals surface area contributed by atoms with E-state index in [0.29, 0.717) is 17.1 Å². The fourth-order valence-corrected chi connectivity index (χ4v) is 3.10. The molecule has 5 nitrogen and oxygen atoms in total. The van der Waals surface area contributed by atoms with Crippen molar-refractivity contribution in [2.24, 2.45) is 4.99 Å². The lowest BCUT2D eigenvalue weighted by Gasteiger charge is -2.12. The maximum absolute atomic E-state index is 13.5. The third-order valence-electron chi connectivity index (χ3n) is 3.41. The number of hydrogen-bond donors (Lipinski definition) is 2. The Morgan fingerprint density at radius 3 is 2.48 bits per heavy atom. The van der Waals surface area contributed by atoms with Crippen molar-refractivity contribution in [1.29, 1.82) is 0 Å². The molecule has 0 atom stereocenters. The minimum Gasteiger partial charge on any atom is -0.357 e. The fraction of sp³-hybridized carbons (Fsp3) is 0.588. The van der Waals surface area contributed by atoms with Crippen molar-refractivity contribution in [2.75, 3.05) is 19.3 Å². The summed E-state index contributed by atoms with van der Waals surface area (Å²) in [5, 5.41) is 6.37. The van der Waals surface area contributed by atoms with Crippen LogP contribution in [0.25, 0.3) is 0 Å². The Kier molecular flexibility index (Phi) is 12.0. The van der Waals surface area contributed by atoms with Gasteiger partial charge in [0.15, 0.2) is 15.8 Å². The number of benzene rings is 1. The van der Waals surface area contributed by atoms with E-state index in [1.165, 1.54) is 24.5 Å². The van der Waals surface area contributed by atoms with Crippen LogP contribution in [0.15, 0.2) is 23.2 Å². The normalized spacial score (nSPS) is 11.8. The molecule has 0 radical (unpaired) electrons. The topological polar surface area (TPSA) is 70.6 Å². The van der Waals surface area contributed by atoms with Gasteiger partial charge in [-0.15, -0.1) is 24.0 Å². The van der Waals surface area contributed by atoms with Gasteiger partial charge in [0.25, 0.3) is 0 Å². The molecule has 2 N–H and O–H groups in total. The van der Waals surface area contributed by atoms with Gasteiger partial charge in [0, 0.05) is 19.3 Å². The number of aliphatic imine (C=N–C) groups is 1. The standard InChI is InChI=1S/C17H28FN3O2S.HI/c1-4-6-7-10-20-17(19-5-2)21-12-15-11-16(18)9-8-14(15)13-24(3,22)23;/h8-9,11H,4-7,10,12-13H2,1-3H3,(H2,19,20,21);1H. The van der Waals surface area contributed by atoms with Crippen molar-refractivity contribution < 1.29 is 12.8 Å². The lowest BCUT2D eigenvalue weighted by Crippen LogP contribution is -2.37. The van der Waals surface area contributed by atoms with Gasteiger partial charge in [-0.05, 0) is 36.6 Å². The highest BCUT2D eigenvalue weighted by molar-refractivity contribution is 14.0. The Labute approximate surface area is 167 Å². The number of nitrogens with one attached hydrogen (secondary N) is 2. The van der Waals surface area contributed by atoms with Crippen molar-refractivity contribution in [1.82, 2.24) is 10.6 Å². The maximum Gasteiger partial charge on any atom is 0.191 e. The summed E-state index contributed by atoms with van der Waals surface area (Å²) in [6.07, 6.45) is 4.52. The molecule has 1 aromatic rings. The van der Waals surface area contributed by atoms with Crippen molar-refractivity contribution in [2.45, 2.75) is 45.4 Å². The highest BCUT2D eigenvalue weighted by Gasteiger charge is 2.10. The molecule has 0 saturated heterocycles. The lowest BCUT2D eigenvalue weighted by atomic mass is 10.1. The van der Waals surface area contributed by atoms with Crippen LogP contribution in [0.1, 0.15) is 44.2 Å². The molecule has 0 amide bonds. The molecule has 0 aliphatic carbocycles. The molecule has 0 saturated carbocycles. The quantitative estimate of drug-likeness (QED) is 0.244. The van der Waals surface area contributed by atoms with Gasteiger partial charge < -0.3 is 10.6 Å². The summed E-state index contributed by atoms with van der Waals surface area (Å²) in [5.41, 5.74) is 1.18. The van der Waals surface area contributed by atoms with Crippen molar-refractivity contribution in [3.8, 4) is 0 Å². The van der Waals surface area contributed by atoms with Gasteiger partial charge >= 0.3 is 0 Å². The molecule has 0 fully saturated rings. The SMILES string of the molecule is CCCCCNC(=NCc1cc(F)ccc1CS(C)(=O)=O)NCC.I. The number of hydrogen-bond acceptors (Lipinski definition) is 3. The number of rotatable bonds is 9. The van der Waals surface area contributed by atoms with Crippen molar-refractivity contribution >= 4 is 39.8 Å². The van der Waals surface area contributed by atoms with E-state index < -0.39 is 15.7 Å². The van der Waals surface area contributed by atoms with E-state index >= 15 is 0 Å². The second-order valence-corrected chi connectivity index (χ2v) is 7.95. The van der Waals surface area contributed by atoms with E-state index in [4.69, 9.17) is 0 Å². The Morgan fingerprint density at radius 1 is 1.16 bits per heavy atom. The molecule has 8 heteroatoms. The summed E-state index contributed by atoms with van der Waals surface area (Å²) in [5.74, 6) is 0.153. The molecule has 25 heavy (non-hydrogen) atoms. The summed E-state index contributed by atoms with van der Waals surface area (Å²) < 4.78 is 36.6. The van der Waals surface area contributed by atoms with Gasteiger partial charge in [-0.25, -0.2) is 17.8 Å². The van der Waals surface area contributed by atoms with Crippen LogP contribution in [-0.4, -0.2) is 33.7 Å². The summed E-state index contributed by atoms with van der Waals surface area (Å²) >= 11 is 0. The van der Waals surface area contributed by atoms with E-state index in [1.54, 1.807) is 0 Å². The van der Waals surface area contributed by atoms with Crippen LogP contribution in [0.4, 0.5) is 4.39 Å². The van der Waals surface area contributed by atoms with E-state index in [1.807, 2.05) is 6.92 Å². The van der Waals surface area contributed by atoms with Crippen LogP contribution in [0.5, 0.6) is 0 Å².